The zero-order chi connectivity index (χ0) is 22.5. The number of hydrogen-bond donors (Lipinski definition) is 2. The lowest BCUT2D eigenvalue weighted by Gasteiger charge is -2.36. The Balaban J connectivity index is 1.75. The van der Waals surface area contributed by atoms with Crippen LogP contribution in [-0.2, 0) is 9.59 Å². The van der Waals surface area contributed by atoms with Gasteiger partial charge in [0.25, 0.3) is 0 Å². The molecule has 31 heavy (non-hydrogen) atoms. The van der Waals surface area contributed by atoms with E-state index in [1.165, 1.54) is 35.6 Å². The Morgan fingerprint density at radius 2 is 1.87 bits per heavy atom. The third kappa shape index (κ3) is 5.34. The Hall–Kier alpha value is -2.65. The van der Waals surface area contributed by atoms with E-state index in [1.807, 2.05) is 0 Å². The first-order valence-electron chi connectivity index (χ1n) is 10.4. The molecule has 0 spiro atoms. The van der Waals surface area contributed by atoms with Gasteiger partial charge in [0, 0.05) is 17.5 Å². The van der Waals surface area contributed by atoms with Crippen molar-refractivity contribution in [3.05, 3.63) is 51.7 Å². The van der Waals surface area contributed by atoms with Crippen LogP contribution in [0.4, 0.5) is 4.39 Å². The van der Waals surface area contributed by atoms with E-state index in [-0.39, 0.29) is 29.3 Å². The van der Waals surface area contributed by atoms with E-state index in [0.29, 0.717) is 17.1 Å². The number of halogens is 1. The topological polar surface area (TPSA) is 91.4 Å². The zero-order valence-corrected chi connectivity index (χ0v) is 18.7. The van der Waals surface area contributed by atoms with Gasteiger partial charge in [-0.2, -0.15) is 0 Å². The van der Waals surface area contributed by atoms with Crippen molar-refractivity contribution in [2.45, 2.75) is 51.2 Å². The van der Waals surface area contributed by atoms with E-state index in [2.05, 4.69) is 15.6 Å². The first-order chi connectivity index (χ1) is 14.8. The van der Waals surface area contributed by atoms with Crippen LogP contribution >= 0.6 is 11.3 Å². The molecule has 0 bridgehead atoms. The summed E-state index contributed by atoms with van der Waals surface area (Å²) in [5, 5.41) is 7.98. The van der Waals surface area contributed by atoms with Crippen LogP contribution in [0, 0.1) is 5.82 Å². The van der Waals surface area contributed by atoms with Gasteiger partial charge < -0.3 is 15.5 Å². The summed E-state index contributed by atoms with van der Waals surface area (Å²) in [6.07, 6.45) is 2.58. The van der Waals surface area contributed by atoms with Crippen molar-refractivity contribution in [2.75, 3.05) is 13.6 Å². The van der Waals surface area contributed by atoms with Crippen molar-refractivity contribution < 1.29 is 18.8 Å². The Morgan fingerprint density at radius 1 is 1.16 bits per heavy atom. The fraction of sp³-hybridized carbons (Fsp3) is 0.455. The monoisotopic (exact) mass is 446 g/mol. The molecule has 2 aromatic rings. The molecule has 1 aliphatic heterocycles. The predicted octanol–water partition coefficient (Wildman–Crippen LogP) is 2.68. The van der Waals surface area contributed by atoms with Crippen molar-refractivity contribution in [3.63, 3.8) is 0 Å². The number of likely N-dealkylation sites (N-methyl/N-ethyl adjacent to an activating group) is 1. The molecule has 1 aromatic carbocycles. The van der Waals surface area contributed by atoms with Gasteiger partial charge in [-0.05, 0) is 64.4 Å². The minimum absolute atomic E-state index is 0.164. The Labute approximate surface area is 185 Å². The summed E-state index contributed by atoms with van der Waals surface area (Å²) in [5.41, 5.74) is 0.651. The molecule has 1 aromatic heterocycles. The number of benzene rings is 1. The van der Waals surface area contributed by atoms with Crippen LogP contribution in [0.5, 0.6) is 0 Å². The highest BCUT2D eigenvalue weighted by Crippen LogP contribution is 2.33. The van der Waals surface area contributed by atoms with Crippen LogP contribution in [-0.4, -0.2) is 53.2 Å². The summed E-state index contributed by atoms with van der Waals surface area (Å²) in [7, 11) is 1.69. The highest BCUT2D eigenvalue weighted by molar-refractivity contribution is 7.10. The van der Waals surface area contributed by atoms with Gasteiger partial charge in [-0.15, -0.1) is 11.3 Å². The van der Waals surface area contributed by atoms with Gasteiger partial charge in [0.05, 0.1) is 12.1 Å². The van der Waals surface area contributed by atoms with Crippen LogP contribution in [0.15, 0.2) is 29.6 Å². The summed E-state index contributed by atoms with van der Waals surface area (Å²) >= 11 is 1.34. The van der Waals surface area contributed by atoms with Gasteiger partial charge in [-0.3, -0.25) is 14.4 Å². The van der Waals surface area contributed by atoms with Crippen molar-refractivity contribution in [1.82, 2.24) is 20.5 Å². The minimum atomic E-state index is -0.663. The van der Waals surface area contributed by atoms with Crippen LogP contribution in [0.3, 0.4) is 0 Å². The highest BCUT2D eigenvalue weighted by atomic mass is 32.1. The maximum Gasteiger partial charge on any atom is 0.245 e. The number of piperidine rings is 1. The van der Waals surface area contributed by atoms with Gasteiger partial charge in [-0.25, -0.2) is 9.37 Å². The zero-order valence-electron chi connectivity index (χ0n) is 17.9. The Bertz CT molecular complexity index is 946. The lowest BCUT2D eigenvalue weighted by Crippen LogP contribution is -2.52. The third-order valence-electron chi connectivity index (χ3n) is 5.49. The number of nitrogens with zero attached hydrogens (tertiary/aromatic N) is 2. The molecule has 3 rings (SSSR count). The summed E-state index contributed by atoms with van der Waals surface area (Å²) in [5.74, 6) is -1.09. The molecule has 9 heteroatoms. The molecular formula is C22H27FN4O3S. The Morgan fingerprint density at radius 3 is 2.55 bits per heavy atom. The molecule has 0 unspecified atom stereocenters. The van der Waals surface area contributed by atoms with E-state index in [1.54, 1.807) is 31.2 Å². The van der Waals surface area contributed by atoms with Crippen LogP contribution in [0.2, 0.25) is 0 Å². The van der Waals surface area contributed by atoms with E-state index in [4.69, 9.17) is 0 Å². The summed E-state index contributed by atoms with van der Waals surface area (Å²) < 4.78 is 13.1. The molecule has 2 N–H and O–H groups in total. The van der Waals surface area contributed by atoms with Gasteiger partial charge in [-0.1, -0.05) is 0 Å². The number of rotatable bonds is 7. The average Bonchev–Trinajstić information content (AvgIpc) is 3.28. The molecule has 0 saturated carbocycles. The molecular weight excluding hydrogens is 419 g/mol. The fourth-order valence-corrected chi connectivity index (χ4v) is 4.47. The van der Waals surface area contributed by atoms with Crippen molar-refractivity contribution in [1.29, 1.82) is 0 Å². The molecule has 3 atom stereocenters. The van der Waals surface area contributed by atoms with Crippen molar-refractivity contribution in [3.8, 4) is 0 Å². The van der Waals surface area contributed by atoms with Crippen LogP contribution < -0.4 is 10.6 Å². The second-order valence-corrected chi connectivity index (χ2v) is 8.58. The van der Waals surface area contributed by atoms with Gasteiger partial charge in [0.2, 0.25) is 17.6 Å². The quantitative estimate of drug-likeness (QED) is 0.638. The smallest absolute Gasteiger partial charge is 0.245 e. The molecule has 1 aliphatic rings. The normalized spacial score (nSPS) is 18.3. The van der Waals surface area contributed by atoms with E-state index in [0.717, 1.165) is 19.3 Å². The number of ketones is 1. The lowest BCUT2D eigenvalue weighted by atomic mass is 10.0. The third-order valence-corrected chi connectivity index (χ3v) is 6.43. The molecule has 2 amide bonds. The number of hydrogen-bond acceptors (Lipinski definition) is 6. The standard InChI is InChI=1S/C22H27FN4O3S/c1-13(24-3)20(29)25-14(2)22(30)27-11-5-4-6-18(27)21-26-17(12-31-21)19(28)15-7-9-16(23)10-8-15/h7-10,12-14,18,24H,4-6,11H2,1-3H3,(H,25,29)/t13-,14-,18+/m0/s1. The lowest BCUT2D eigenvalue weighted by molar-refractivity contribution is -0.139. The van der Waals surface area contributed by atoms with Gasteiger partial charge in [0.15, 0.2) is 0 Å². The van der Waals surface area contributed by atoms with Gasteiger partial charge >= 0.3 is 0 Å². The molecule has 1 saturated heterocycles. The number of carbonyl (C=O) groups excluding carboxylic acids is 3. The largest absolute Gasteiger partial charge is 0.343 e. The van der Waals surface area contributed by atoms with E-state index in [9.17, 15) is 18.8 Å². The second-order valence-electron chi connectivity index (χ2n) is 7.69. The SMILES string of the molecule is CN[C@@H](C)C(=O)N[C@@H](C)C(=O)N1CCCC[C@@H]1c1nc(C(=O)c2ccc(F)cc2)cs1. The first-order valence-corrected chi connectivity index (χ1v) is 11.2. The van der Waals surface area contributed by atoms with Gasteiger partial charge in [0.1, 0.15) is 22.6 Å². The number of thiazole rings is 1. The Kier molecular flexibility index (Phi) is 7.50. The maximum atomic E-state index is 13.1. The molecule has 0 radical (unpaired) electrons. The number of aromatic nitrogens is 1. The van der Waals surface area contributed by atoms with Crippen molar-refractivity contribution in [2.24, 2.45) is 0 Å². The number of likely N-dealkylation sites (tertiary alicyclic amines) is 1. The minimum Gasteiger partial charge on any atom is -0.343 e. The number of amides is 2. The number of carbonyl (C=O) groups is 3. The molecule has 166 valence electrons. The summed E-state index contributed by atoms with van der Waals surface area (Å²) in [6.45, 7) is 3.98. The summed E-state index contributed by atoms with van der Waals surface area (Å²) in [4.78, 5) is 44.2. The summed E-state index contributed by atoms with van der Waals surface area (Å²) in [6, 6.07) is 4.06. The molecule has 0 aliphatic carbocycles. The average molecular weight is 447 g/mol. The molecule has 1 fully saturated rings. The molecule has 2 heterocycles. The fourth-order valence-electron chi connectivity index (χ4n) is 3.53. The predicted molar refractivity (Wildman–Crippen MR) is 116 cm³/mol. The van der Waals surface area contributed by atoms with E-state index < -0.39 is 17.9 Å². The van der Waals surface area contributed by atoms with Crippen LogP contribution in [0.25, 0.3) is 0 Å². The van der Waals surface area contributed by atoms with E-state index >= 15 is 0 Å². The van der Waals surface area contributed by atoms with Crippen LogP contribution in [0.1, 0.15) is 60.2 Å². The second kappa shape index (κ2) is 10.1. The highest BCUT2D eigenvalue weighted by Gasteiger charge is 2.33. The number of nitrogens with one attached hydrogen (secondary N) is 2. The first kappa shape index (κ1) is 23.0. The molecule has 7 nitrogen and oxygen atoms in total. The maximum absolute atomic E-state index is 13.1. The van der Waals surface area contributed by atoms with Crippen molar-refractivity contribution >= 4 is 28.9 Å².